The minimum Gasteiger partial charge on any atom is -0.441 e. The topological polar surface area (TPSA) is 75.4 Å². The maximum absolute atomic E-state index is 12.3. The van der Waals surface area contributed by atoms with Crippen molar-refractivity contribution < 1.29 is 14.0 Å². The summed E-state index contributed by atoms with van der Waals surface area (Å²) in [6.45, 7) is -0.0767. The van der Waals surface area contributed by atoms with Gasteiger partial charge in [-0.05, 0) is 30.3 Å². The van der Waals surface area contributed by atoms with E-state index in [0.717, 1.165) is 5.52 Å². The number of carbonyl (C=O) groups is 2. The van der Waals surface area contributed by atoms with Gasteiger partial charge in [0, 0.05) is 25.6 Å². The minimum atomic E-state index is -0.328. The standard InChI is InChI=1S/C19H17Cl2N3O3/c1-24(11-17(25)22-12-6-7-13(20)14(21)10-12)19(26)9-8-18-23-15-4-2-3-5-16(15)27-18/h2-7,10H,8-9,11H2,1H3,(H,22,25). The highest BCUT2D eigenvalue weighted by atomic mass is 35.5. The lowest BCUT2D eigenvalue weighted by atomic mass is 10.2. The van der Waals surface area contributed by atoms with Crippen molar-refractivity contribution in [2.45, 2.75) is 12.8 Å². The number of carbonyl (C=O) groups excluding carboxylic acids is 2. The van der Waals surface area contributed by atoms with E-state index in [1.165, 1.54) is 4.90 Å². The molecule has 8 heteroatoms. The minimum absolute atomic E-state index is 0.0767. The molecule has 1 aromatic heterocycles. The number of nitrogens with one attached hydrogen (secondary N) is 1. The summed E-state index contributed by atoms with van der Waals surface area (Å²) in [5, 5.41) is 3.43. The second kappa shape index (κ2) is 8.41. The third-order valence-corrected chi connectivity index (χ3v) is 4.64. The Kier molecular flexibility index (Phi) is 5.98. The molecule has 1 heterocycles. The Morgan fingerprint density at radius 3 is 2.67 bits per heavy atom. The summed E-state index contributed by atoms with van der Waals surface area (Å²) in [5.74, 6) is -0.00847. The number of halogens is 2. The number of hydrogen-bond acceptors (Lipinski definition) is 4. The molecule has 0 spiro atoms. The number of oxazole rings is 1. The van der Waals surface area contributed by atoms with Crippen molar-refractivity contribution in [3.8, 4) is 0 Å². The summed E-state index contributed by atoms with van der Waals surface area (Å²) in [7, 11) is 1.57. The first-order chi connectivity index (χ1) is 12.9. The molecule has 2 amide bonds. The number of hydrogen-bond donors (Lipinski definition) is 1. The van der Waals surface area contributed by atoms with Crippen LogP contribution in [0.1, 0.15) is 12.3 Å². The summed E-state index contributed by atoms with van der Waals surface area (Å²) in [6, 6.07) is 12.2. The molecule has 0 aliphatic rings. The van der Waals surface area contributed by atoms with E-state index in [0.29, 0.717) is 33.6 Å². The van der Waals surface area contributed by atoms with Crippen LogP contribution in [0.4, 0.5) is 5.69 Å². The maximum atomic E-state index is 12.3. The largest absolute Gasteiger partial charge is 0.441 e. The van der Waals surface area contributed by atoms with E-state index < -0.39 is 0 Å². The van der Waals surface area contributed by atoms with Crippen LogP contribution < -0.4 is 5.32 Å². The van der Waals surface area contributed by atoms with Crippen molar-refractivity contribution in [1.29, 1.82) is 0 Å². The Morgan fingerprint density at radius 2 is 1.93 bits per heavy atom. The van der Waals surface area contributed by atoms with Crippen LogP contribution in [0.15, 0.2) is 46.9 Å². The molecule has 0 saturated carbocycles. The van der Waals surface area contributed by atoms with E-state index in [1.54, 1.807) is 25.2 Å². The lowest BCUT2D eigenvalue weighted by molar-refractivity contribution is -0.133. The van der Waals surface area contributed by atoms with Crippen LogP contribution in [-0.2, 0) is 16.0 Å². The molecule has 2 aromatic carbocycles. The fraction of sp³-hybridized carbons (Fsp3) is 0.211. The van der Waals surface area contributed by atoms with E-state index in [2.05, 4.69) is 10.3 Å². The smallest absolute Gasteiger partial charge is 0.243 e. The van der Waals surface area contributed by atoms with Crippen LogP contribution in [0, 0.1) is 0 Å². The highest BCUT2D eigenvalue weighted by Gasteiger charge is 2.15. The Bertz CT molecular complexity index is 954. The van der Waals surface area contributed by atoms with Gasteiger partial charge >= 0.3 is 0 Å². The van der Waals surface area contributed by atoms with E-state index in [9.17, 15) is 9.59 Å². The van der Waals surface area contributed by atoms with Crippen molar-refractivity contribution >= 4 is 51.8 Å². The number of rotatable bonds is 6. The Balaban J connectivity index is 1.50. The molecule has 0 bridgehead atoms. The zero-order chi connectivity index (χ0) is 19.4. The van der Waals surface area contributed by atoms with E-state index in [1.807, 2.05) is 24.3 Å². The highest BCUT2D eigenvalue weighted by Crippen LogP contribution is 2.25. The first-order valence-electron chi connectivity index (χ1n) is 8.25. The van der Waals surface area contributed by atoms with Gasteiger partial charge < -0.3 is 14.6 Å². The second-order valence-electron chi connectivity index (χ2n) is 6.00. The predicted molar refractivity (Wildman–Crippen MR) is 105 cm³/mol. The quantitative estimate of drug-likeness (QED) is 0.667. The molecule has 0 unspecified atom stereocenters. The number of likely N-dealkylation sites (N-methyl/N-ethyl adjacent to an activating group) is 1. The first-order valence-corrected chi connectivity index (χ1v) is 9.01. The Labute approximate surface area is 166 Å². The van der Waals surface area contributed by atoms with E-state index in [-0.39, 0.29) is 24.8 Å². The van der Waals surface area contributed by atoms with Gasteiger partial charge in [-0.3, -0.25) is 9.59 Å². The number of fused-ring (bicyclic) bond motifs is 1. The van der Waals surface area contributed by atoms with Crippen molar-refractivity contribution in [3.63, 3.8) is 0 Å². The van der Waals surface area contributed by atoms with Crippen LogP contribution in [0.5, 0.6) is 0 Å². The number of nitrogens with zero attached hydrogens (tertiary/aromatic N) is 2. The molecule has 3 aromatic rings. The molecule has 1 N–H and O–H groups in total. The van der Waals surface area contributed by atoms with Gasteiger partial charge in [0.05, 0.1) is 16.6 Å². The van der Waals surface area contributed by atoms with Crippen LogP contribution in [0.2, 0.25) is 10.0 Å². The molecular formula is C19H17Cl2N3O3. The van der Waals surface area contributed by atoms with Crippen LogP contribution >= 0.6 is 23.2 Å². The summed E-state index contributed by atoms with van der Waals surface area (Å²) in [6.07, 6.45) is 0.565. The molecule has 0 aliphatic carbocycles. The second-order valence-corrected chi connectivity index (χ2v) is 6.82. The van der Waals surface area contributed by atoms with Gasteiger partial charge in [-0.25, -0.2) is 4.98 Å². The van der Waals surface area contributed by atoms with Gasteiger partial charge in [-0.15, -0.1) is 0 Å². The lowest BCUT2D eigenvalue weighted by Crippen LogP contribution is -2.35. The van der Waals surface area contributed by atoms with Gasteiger partial charge in [-0.2, -0.15) is 0 Å². The number of para-hydroxylation sites is 2. The molecule has 0 fully saturated rings. The van der Waals surface area contributed by atoms with Crippen molar-refractivity contribution in [2.24, 2.45) is 0 Å². The fourth-order valence-electron chi connectivity index (χ4n) is 2.51. The number of anilines is 1. The summed E-state index contributed by atoms with van der Waals surface area (Å²) >= 11 is 11.8. The molecule has 0 atom stereocenters. The highest BCUT2D eigenvalue weighted by molar-refractivity contribution is 6.42. The zero-order valence-electron chi connectivity index (χ0n) is 14.5. The zero-order valence-corrected chi connectivity index (χ0v) is 16.0. The van der Waals surface area contributed by atoms with Gasteiger partial charge in [-0.1, -0.05) is 35.3 Å². The summed E-state index contributed by atoms with van der Waals surface area (Å²) in [5.41, 5.74) is 1.96. The molecule has 0 saturated heterocycles. The first kappa shape index (κ1) is 19.2. The SMILES string of the molecule is CN(CC(=O)Nc1ccc(Cl)c(Cl)c1)C(=O)CCc1nc2ccccc2o1. The van der Waals surface area contributed by atoms with Crippen molar-refractivity contribution in [3.05, 3.63) is 58.4 Å². The number of aromatic nitrogens is 1. The average Bonchev–Trinajstić information content (AvgIpc) is 3.05. The van der Waals surface area contributed by atoms with Crippen LogP contribution in [0.25, 0.3) is 11.1 Å². The third kappa shape index (κ3) is 4.99. The molecule has 0 aliphatic heterocycles. The summed E-state index contributed by atoms with van der Waals surface area (Å²) in [4.78, 5) is 30.1. The predicted octanol–water partition coefficient (Wildman–Crippen LogP) is 4.16. The summed E-state index contributed by atoms with van der Waals surface area (Å²) < 4.78 is 5.59. The van der Waals surface area contributed by atoms with Crippen LogP contribution in [0.3, 0.4) is 0 Å². The Hall–Kier alpha value is -2.57. The van der Waals surface area contributed by atoms with Crippen molar-refractivity contribution in [2.75, 3.05) is 18.9 Å². The molecule has 3 rings (SSSR count). The number of aryl methyl sites for hydroxylation is 1. The Morgan fingerprint density at radius 1 is 1.15 bits per heavy atom. The molecule has 6 nitrogen and oxygen atoms in total. The fourth-order valence-corrected chi connectivity index (χ4v) is 2.81. The van der Waals surface area contributed by atoms with Gasteiger partial charge in [0.2, 0.25) is 11.8 Å². The molecular weight excluding hydrogens is 389 g/mol. The van der Waals surface area contributed by atoms with Crippen LogP contribution in [-0.4, -0.2) is 35.3 Å². The monoisotopic (exact) mass is 405 g/mol. The normalized spacial score (nSPS) is 10.8. The third-order valence-electron chi connectivity index (χ3n) is 3.90. The van der Waals surface area contributed by atoms with Gasteiger partial charge in [0.25, 0.3) is 0 Å². The molecule has 140 valence electrons. The maximum Gasteiger partial charge on any atom is 0.243 e. The molecule has 27 heavy (non-hydrogen) atoms. The van der Waals surface area contributed by atoms with Gasteiger partial charge in [0.1, 0.15) is 5.52 Å². The van der Waals surface area contributed by atoms with E-state index >= 15 is 0 Å². The van der Waals surface area contributed by atoms with Gasteiger partial charge in [0.15, 0.2) is 11.5 Å². The van der Waals surface area contributed by atoms with E-state index in [4.69, 9.17) is 27.6 Å². The number of amides is 2. The molecule has 0 radical (unpaired) electrons. The average molecular weight is 406 g/mol. The lowest BCUT2D eigenvalue weighted by Gasteiger charge is -2.16. The van der Waals surface area contributed by atoms with Crippen molar-refractivity contribution in [1.82, 2.24) is 9.88 Å². The number of benzene rings is 2.